The van der Waals surface area contributed by atoms with Gasteiger partial charge in [0.25, 0.3) is 0 Å². The second kappa shape index (κ2) is 7.87. The zero-order valence-corrected chi connectivity index (χ0v) is 14.4. The quantitative estimate of drug-likeness (QED) is 0.523. The van der Waals surface area contributed by atoms with Crippen LogP contribution in [0.15, 0.2) is 12.7 Å². The topological polar surface area (TPSA) is 78.9 Å². The fourth-order valence-electron chi connectivity index (χ4n) is 2.27. The molecule has 126 valence electrons. The van der Waals surface area contributed by atoms with Crippen LogP contribution in [0.3, 0.4) is 0 Å². The fourth-order valence-corrected chi connectivity index (χ4v) is 2.85. The summed E-state index contributed by atoms with van der Waals surface area (Å²) >= 11 is 1.73. The molecule has 1 amide bonds. The molecule has 0 radical (unpaired) electrons. The van der Waals surface area contributed by atoms with Gasteiger partial charge >= 0.3 is 12.1 Å². The summed E-state index contributed by atoms with van der Waals surface area (Å²) in [5.41, 5.74) is -1.09. The molecular formula is C15H26N2O4S. The van der Waals surface area contributed by atoms with Gasteiger partial charge in [0.05, 0.1) is 12.0 Å². The van der Waals surface area contributed by atoms with Crippen molar-refractivity contribution in [2.24, 2.45) is 0 Å². The Morgan fingerprint density at radius 1 is 1.45 bits per heavy atom. The first-order valence-corrected chi connectivity index (χ1v) is 8.46. The Morgan fingerprint density at radius 2 is 2.09 bits per heavy atom. The molecule has 1 heterocycles. The van der Waals surface area contributed by atoms with E-state index in [1.165, 1.54) is 4.90 Å². The van der Waals surface area contributed by atoms with Crippen molar-refractivity contribution in [3.05, 3.63) is 12.7 Å². The molecule has 0 saturated carbocycles. The Labute approximate surface area is 136 Å². The van der Waals surface area contributed by atoms with Gasteiger partial charge in [-0.1, -0.05) is 6.08 Å². The Morgan fingerprint density at radius 3 is 2.59 bits per heavy atom. The van der Waals surface area contributed by atoms with E-state index in [0.717, 1.165) is 11.5 Å². The minimum Gasteiger partial charge on any atom is -0.481 e. The van der Waals surface area contributed by atoms with E-state index >= 15 is 0 Å². The molecule has 0 spiro atoms. The van der Waals surface area contributed by atoms with E-state index < -0.39 is 23.2 Å². The number of nitrogens with one attached hydrogen (secondary N) is 1. The van der Waals surface area contributed by atoms with Gasteiger partial charge in [-0.15, -0.1) is 6.58 Å². The van der Waals surface area contributed by atoms with E-state index in [9.17, 15) is 9.59 Å². The minimum atomic E-state index is -0.866. The lowest BCUT2D eigenvalue weighted by atomic mass is 9.86. The fraction of sp³-hybridized carbons (Fsp3) is 0.733. The molecule has 2 N–H and O–H groups in total. The van der Waals surface area contributed by atoms with Crippen molar-refractivity contribution >= 4 is 23.8 Å². The van der Waals surface area contributed by atoms with E-state index in [-0.39, 0.29) is 6.42 Å². The Balaban J connectivity index is 2.46. The van der Waals surface area contributed by atoms with Gasteiger partial charge in [-0.2, -0.15) is 11.8 Å². The predicted octanol–water partition coefficient (Wildman–Crippen LogP) is 1.96. The number of aliphatic carboxylic acids is 1. The Bertz CT molecular complexity index is 414. The minimum absolute atomic E-state index is 0.00156. The molecule has 0 aromatic carbocycles. The van der Waals surface area contributed by atoms with E-state index in [0.29, 0.717) is 19.6 Å². The van der Waals surface area contributed by atoms with Crippen LogP contribution in [0.1, 0.15) is 27.2 Å². The Kier molecular flexibility index (Phi) is 6.74. The van der Waals surface area contributed by atoms with Crippen molar-refractivity contribution < 1.29 is 19.4 Å². The summed E-state index contributed by atoms with van der Waals surface area (Å²) in [6.07, 6.45) is 1.44. The summed E-state index contributed by atoms with van der Waals surface area (Å²) in [7, 11) is 0. The smallest absolute Gasteiger partial charge is 0.410 e. The van der Waals surface area contributed by atoms with E-state index in [1.54, 1.807) is 11.8 Å². The van der Waals surface area contributed by atoms with Crippen LogP contribution in [-0.2, 0) is 9.53 Å². The number of hydrogen-bond acceptors (Lipinski definition) is 5. The lowest BCUT2D eigenvalue weighted by Crippen LogP contribution is -2.71. The van der Waals surface area contributed by atoms with Crippen LogP contribution in [0, 0.1) is 0 Å². The number of hydrogen-bond donors (Lipinski definition) is 2. The molecule has 1 saturated heterocycles. The highest BCUT2D eigenvalue weighted by atomic mass is 32.2. The van der Waals surface area contributed by atoms with Gasteiger partial charge in [-0.25, -0.2) is 4.79 Å². The van der Waals surface area contributed by atoms with Crippen molar-refractivity contribution in [3.63, 3.8) is 0 Å². The number of carbonyl (C=O) groups excluding carboxylic acids is 1. The van der Waals surface area contributed by atoms with Crippen molar-refractivity contribution in [2.45, 2.75) is 38.3 Å². The number of amides is 1. The number of rotatable bonds is 8. The van der Waals surface area contributed by atoms with Gasteiger partial charge in [-0.3, -0.25) is 4.79 Å². The second-order valence-electron chi connectivity index (χ2n) is 6.48. The summed E-state index contributed by atoms with van der Waals surface area (Å²) in [5, 5.41) is 12.4. The van der Waals surface area contributed by atoms with Crippen LogP contribution in [0.5, 0.6) is 0 Å². The van der Waals surface area contributed by atoms with Gasteiger partial charge in [0.2, 0.25) is 0 Å². The number of carboxylic acids is 1. The molecule has 0 aliphatic carbocycles. The largest absolute Gasteiger partial charge is 0.481 e. The molecule has 0 aromatic rings. The van der Waals surface area contributed by atoms with Crippen LogP contribution in [0.2, 0.25) is 0 Å². The summed E-state index contributed by atoms with van der Waals surface area (Å²) in [6, 6.07) is 0. The van der Waals surface area contributed by atoms with Crippen LogP contribution in [-0.4, -0.2) is 64.3 Å². The highest BCUT2D eigenvalue weighted by molar-refractivity contribution is 7.99. The molecule has 7 heteroatoms. The average Bonchev–Trinajstić information content (AvgIpc) is 2.31. The molecule has 0 unspecified atom stereocenters. The van der Waals surface area contributed by atoms with Gasteiger partial charge in [0, 0.05) is 31.1 Å². The SMILES string of the molecule is C=CCSCCNC1(CC(=O)O)CN(C(=O)OC(C)(C)C)C1. The third kappa shape index (κ3) is 6.27. The first kappa shape index (κ1) is 18.8. The maximum atomic E-state index is 11.9. The molecule has 0 atom stereocenters. The Hall–Kier alpha value is -1.21. The van der Waals surface area contributed by atoms with Crippen molar-refractivity contribution in [1.29, 1.82) is 0 Å². The van der Waals surface area contributed by atoms with Gasteiger partial charge in [0.1, 0.15) is 5.60 Å². The lowest BCUT2D eigenvalue weighted by molar-refractivity contribution is -0.141. The number of likely N-dealkylation sites (tertiary alicyclic amines) is 1. The predicted molar refractivity (Wildman–Crippen MR) is 88.3 cm³/mol. The van der Waals surface area contributed by atoms with Gasteiger partial charge < -0.3 is 20.1 Å². The van der Waals surface area contributed by atoms with Crippen molar-refractivity contribution in [2.75, 3.05) is 31.1 Å². The molecule has 1 aliphatic rings. The third-order valence-electron chi connectivity index (χ3n) is 3.11. The summed E-state index contributed by atoms with van der Waals surface area (Å²) in [5.74, 6) is 0.882. The maximum Gasteiger partial charge on any atom is 0.410 e. The number of ether oxygens (including phenoxy) is 1. The summed E-state index contributed by atoms with van der Waals surface area (Å²) in [4.78, 5) is 24.5. The van der Waals surface area contributed by atoms with Crippen molar-refractivity contribution in [3.8, 4) is 0 Å². The maximum absolute atomic E-state index is 11.9. The number of thioether (sulfide) groups is 1. The third-order valence-corrected chi connectivity index (χ3v) is 4.07. The van der Waals surface area contributed by atoms with Crippen LogP contribution < -0.4 is 5.32 Å². The summed E-state index contributed by atoms with van der Waals surface area (Å²) < 4.78 is 5.29. The molecule has 1 aliphatic heterocycles. The highest BCUT2D eigenvalue weighted by Gasteiger charge is 2.47. The standard InChI is InChI=1S/C15H26N2O4S/c1-5-7-22-8-6-16-15(9-12(18)19)10-17(11-15)13(20)21-14(2,3)4/h5,16H,1,6-11H2,2-4H3,(H,18,19). The lowest BCUT2D eigenvalue weighted by Gasteiger charge is -2.49. The zero-order chi connectivity index (χ0) is 16.8. The molecule has 22 heavy (non-hydrogen) atoms. The van der Waals surface area contributed by atoms with E-state index in [4.69, 9.17) is 9.84 Å². The number of nitrogens with zero attached hydrogens (tertiary/aromatic N) is 1. The zero-order valence-electron chi connectivity index (χ0n) is 13.6. The molecule has 1 fully saturated rings. The monoisotopic (exact) mass is 330 g/mol. The summed E-state index contributed by atoms with van der Waals surface area (Å²) in [6.45, 7) is 10.5. The van der Waals surface area contributed by atoms with Gasteiger partial charge in [0.15, 0.2) is 0 Å². The van der Waals surface area contributed by atoms with E-state index in [1.807, 2.05) is 26.8 Å². The van der Waals surface area contributed by atoms with Crippen LogP contribution in [0.25, 0.3) is 0 Å². The first-order valence-electron chi connectivity index (χ1n) is 7.31. The highest BCUT2D eigenvalue weighted by Crippen LogP contribution is 2.26. The van der Waals surface area contributed by atoms with Crippen LogP contribution in [0.4, 0.5) is 4.79 Å². The molecule has 0 aromatic heterocycles. The molecule has 6 nitrogen and oxygen atoms in total. The molecule has 0 bridgehead atoms. The number of carboxylic acid groups (broad SMARTS) is 1. The van der Waals surface area contributed by atoms with E-state index in [2.05, 4.69) is 11.9 Å². The molecular weight excluding hydrogens is 304 g/mol. The van der Waals surface area contributed by atoms with Crippen molar-refractivity contribution in [1.82, 2.24) is 10.2 Å². The second-order valence-corrected chi connectivity index (χ2v) is 7.63. The first-order chi connectivity index (χ1) is 10.2. The normalized spacial score (nSPS) is 16.8. The van der Waals surface area contributed by atoms with Crippen LogP contribution >= 0.6 is 11.8 Å². The van der Waals surface area contributed by atoms with Gasteiger partial charge in [-0.05, 0) is 20.8 Å². The molecule has 1 rings (SSSR count). The average molecular weight is 330 g/mol. The number of carbonyl (C=O) groups is 2.